The Morgan fingerprint density at radius 2 is 2.27 bits per heavy atom. The van der Waals surface area contributed by atoms with E-state index in [2.05, 4.69) is 11.1 Å². The predicted octanol–water partition coefficient (Wildman–Crippen LogP) is 1.68. The van der Waals surface area contributed by atoms with E-state index in [9.17, 15) is 0 Å². The Hall–Kier alpha value is -1.31. The quantitative estimate of drug-likeness (QED) is 0.551. The molecule has 1 aromatic heterocycles. The van der Waals surface area contributed by atoms with Gasteiger partial charge in [0, 0.05) is 7.05 Å². The summed E-state index contributed by atoms with van der Waals surface area (Å²) in [6.45, 7) is 2.05. The highest BCUT2D eigenvalue weighted by atomic mass is 15.0. The van der Waals surface area contributed by atoms with Crippen molar-refractivity contribution >= 4 is 11.0 Å². The fraction of sp³-hybridized carbons (Fsp3) is 0.222. The number of rotatable bonds is 0. The third kappa shape index (κ3) is 0.827. The number of hydrogen-bond acceptors (Lipinski definition) is 1. The summed E-state index contributed by atoms with van der Waals surface area (Å²) in [5.41, 5.74) is 3.40. The summed E-state index contributed by atoms with van der Waals surface area (Å²) >= 11 is 0. The molecule has 0 aliphatic carbocycles. The molecule has 0 spiro atoms. The van der Waals surface area contributed by atoms with Crippen molar-refractivity contribution in [2.75, 3.05) is 0 Å². The third-order valence-corrected chi connectivity index (χ3v) is 1.88. The molecule has 2 aromatic rings. The molecule has 2 nitrogen and oxygen atoms in total. The summed E-state index contributed by atoms with van der Waals surface area (Å²) in [4.78, 5) is 4.26. The first-order valence-corrected chi connectivity index (χ1v) is 3.57. The lowest BCUT2D eigenvalue weighted by Crippen LogP contribution is -1.83. The number of aryl methyl sites for hydroxylation is 2. The molecule has 0 aliphatic rings. The lowest BCUT2D eigenvalue weighted by atomic mass is 10.2. The van der Waals surface area contributed by atoms with Gasteiger partial charge in [-0.15, -0.1) is 0 Å². The zero-order chi connectivity index (χ0) is 7.84. The predicted molar refractivity (Wildman–Crippen MR) is 44.3 cm³/mol. The second-order valence-electron chi connectivity index (χ2n) is 2.73. The van der Waals surface area contributed by atoms with Crippen LogP contribution >= 0.6 is 0 Å². The fourth-order valence-corrected chi connectivity index (χ4v) is 1.23. The molecule has 1 aromatic carbocycles. The van der Waals surface area contributed by atoms with Gasteiger partial charge >= 0.3 is 0 Å². The number of nitrogens with zero attached hydrogens (tertiary/aromatic N) is 2. The highest BCUT2D eigenvalue weighted by Crippen LogP contribution is 2.14. The summed E-state index contributed by atoms with van der Waals surface area (Å²) in [5.74, 6) is 0. The number of benzene rings is 1. The molecule has 0 N–H and O–H groups in total. The molecule has 0 saturated heterocycles. The monoisotopic (exact) mass is 145 g/mol. The van der Waals surface area contributed by atoms with Crippen molar-refractivity contribution in [2.45, 2.75) is 6.92 Å². The smallest absolute Gasteiger partial charge is 0.0955 e. The van der Waals surface area contributed by atoms with Crippen LogP contribution in [0.25, 0.3) is 11.0 Å². The summed E-state index contributed by atoms with van der Waals surface area (Å²) in [7, 11) is 1.99. The molecule has 0 bridgehead atoms. The molecule has 0 saturated carbocycles. The van der Waals surface area contributed by atoms with Gasteiger partial charge in [0.2, 0.25) is 0 Å². The van der Waals surface area contributed by atoms with Crippen LogP contribution in [0.2, 0.25) is 0 Å². The van der Waals surface area contributed by atoms with E-state index in [1.54, 1.807) is 0 Å². The van der Waals surface area contributed by atoms with Crippen molar-refractivity contribution < 1.29 is 0 Å². The Kier molecular flexibility index (Phi) is 1.22. The van der Waals surface area contributed by atoms with Gasteiger partial charge in [-0.1, -0.05) is 0 Å². The zero-order valence-electron chi connectivity index (χ0n) is 6.63. The van der Waals surface area contributed by atoms with Crippen LogP contribution in [0, 0.1) is 13.0 Å². The van der Waals surface area contributed by atoms with Crippen molar-refractivity contribution in [2.24, 2.45) is 7.05 Å². The molecule has 55 valence electrons. The van der Waals surface area contributed by atoms with Crippen LogP contribution in [0.4, 0.5) is 0 Å². The van der Waals surface area contributed by atoms with Crippen LogP contribution in [0.3, 0.4) is 0 Å². The lowest BCUT2D eigenvalue weighted by Gasteiger charge is -1.94. The summed E-state index contributed by atoms with van der Waals surface area (Å²) < 4.78 is 2.00. The van der Waals surface area contributed by atoms with Gasteiger partial charge in [0.25, 0.3) is 0 Å². The first-order valence-electron chi connectivity index (χ1n) is 3.57. The second kappa shape index (κ2) is 2.09. The number of aromatic nitrogens is 2. The first-order chi connectivity index (χ1) is 5.29. The lowest BCUT2D eigenvalue weighted by molar-refractivity contribution is 0.947. The molecule has 0 atom stereocenters. The normalized spacial score (nSPS) is 10.7. The molecule has 0 amide bonds. The van der Waals surface area contributed by atoms with E-state index in [0.717, 1.165) is 11.0 Å². The van der Waals surface area contributed by atoms with E-state index < -0.39 is 0 Å². The largest absolute Gasteiger partial charge is 0.334 e. The SMILES string of the molecule is Cc1c[c]cc2c1ncn2C. The Bertz CT molecular complexity index is 387. The topological polar surface area (TPSA) is 17.8 Å². The van der Waals surface area contributed by atoms with E-state index in [1.165, 1.54) is 5.56 Å². The fourth-order valence-electron chi connectivity index (χ4n) is 1.23. The van der Waals surface area contributed by atoms with E-state index >= 15 is 0 Å². The first kappa shape index (κ1) is 6.40. The zero-order valence-corrected chi connectivity index (χ0v) is 6.63. The standard InChI is InChI=1S/C9H9N2/c1-7-4-3-5-8-9(7)10-6-11(8)2/h4-6H,1-2H3. The molecular formula is C9H9N2. The van der Waals surface area contributed by atoms with Crippen LogP contribution in [-0.4, -0.2) is 9.55 Å². The molecule has 1 heterocycles. The van der Waals surface area contributed by atoms with Crippen LogP contribution in [0.1, 0.15) is 5.56 Å². The average Bonchev–Trinajstić information content (AvgIpc) is 2.35. The van der Waals surface area contributed by atoms with Crippen molar-refractivity contribution in [1.29, 1.82) is 0 Å². The second-order valence-corrected chi connectivity index (χ2v) is 2.73. The van der Waals surface area contributed by atoms with Gasteiger partial charge in [-0.25, -0.2) is 4.98 Å². The molecular weight excluding hydrogens is 136 g/mol. The maximum Gasteiger partial charge on any atom is 0.0955 e. The highest BCUT2D eigenvalue weighted by Gasteiger charge is 1.99. The summed E-state index contributed by atoms with van der Waals surface area (Å²) in [5, 5.41) is 0. The van der Waals surface area contributed by atoms with Crippen LogP contribution in [-0.2, 0) is 7.05 Å². The van der Waals surface area contributed by atoms with E-state index in [4.69, 9.17) is 0 Å². The van der Waals surface area contributed by atoms with Crippen molar-refractivity contribution in [3.05, 3.63) is 30.1 Å². The molecule has 2 rings (SSSR count). The van der Waals surface area contributed by atoms with Crippen LogP contribution in [0.15, 0.2) is 18.5 Å². The Balaban J connectivity index is 2.94. The Labute approximate surface area is 65.5 Å². The van der Waals surface area contributed by atoms with Crippen LogP contribution < -0.4 is 0 Å². The van der Waals surface area contributed by atoms with Gasteiger partial charge < -0.3 is 4.57 Å². The molecule has 11 heavy (non-hydrogen) atoms. The van der Waals surface area contributed by atoms with E-state index in [1.807, 2.05) is 37.0 Å². The maximum atomic E-state index is 4.26. The minimum absolute atomic E-state index is 1.08. The molecule has 0 unspecified atom stereocenters. The van der Waals surface area contributed by atoms with Crippen molar-refractivity contribution in [3.63, 3.8) is 0 Å². The van der Waals surface area contributed by atoms with Gasteiger partial charge in [-0.2, -0.15) is 0 Å². The summed E-state index contributed by atoms with van der Waals surface area (Å²) in [6.07, 6.45) is 1.82. The Morgan fingerprint density at radius 3 is 3.00 bits per heavy atom. The maximum absolute atomic E-state index is 4.26. The number of imidazole rings is 1. The van der Waals surface area contributed by atoms with Crippen molar-refractivity contribution in [3.8, 4) is 0 Å². The van der Waals surface area contributed by atoms with E-state index in [0.29, 0.717) is 0 Å². The third-order valence-electron chi connectivity index (χ3n) is 1.88. The minimum Gasteiger partial charge on any atom is -0.334 e. The van der Waals surface area contributed by atoms with E-state index in [-0.39, 0.29) is 0 Å². The molecule has 2 heteroatoms. The summed E-state index contributed by atoms with van der Waals surface area (Å²) in [6, 6.07) is 6.98. The van der Waals surface area contributed by atoms with Gasteiger partial charge in [0.1, 0.15) is 0 Å². The van der Waals surface area contributed by atoms with Gasteiger partial charge in [0.05, 0.1) is 17.4 Å². The molecule has 1 radical (unpaired) electrons. The van der Waals surface area contributed by atoms with Crippen LogP contribution in [0.5, 0.6) is 0 Å². The van der Waals surface area contributed by atoms with Gasteiger partial charge in [0.15, 0.2) is 0 Å². The van der Waals surface area contributed by atoms with Crippen molar-refractivity contribution in [1.82, 2.24) is 9.55 Å². The average molecular weight is 145 g/mol. The Morgan fingerprint density at radius 1 is 1.45 bits per heavy atom. The molecule has 0 fully saturated rings. The number of fused-ring (bicyclic) bond motifs is 1. The van der Waals surface area contributed by atoms with Gasteiger partial charge in [-0.05, 0) is 30.7 Å². The highest BCUT2D eigenvalue weighted by molar-refractivity contribution is 5.78. The van der Waals surface area contributed by atoms with Gasteiger partial charge in [-0.3, -0.25) is 0 Å². The number of hydrogen-bond donors (Lipinski definition) is 0. The minimum atomic E-state index is 1.08. The molecule has 0 aliphatic heterocycles.